The Morgan fingerprint density at radius 1 is 1.40 bits per heavy atom. The molecular weight excluding hydrogens is 308 g/mol. The molecule has 0 aromatic carbocycles. The van der Waals surface area contributed by atoms with Gasteiger partial charge in [-0.2, -0.15) is 0 Å². The zero-order valence-corrected chi connectivity index (χ0v) is 11.9. The number of aliphatic hydroxyl groups excluding tert-OH is 1. The van der Waals surface area contributed by atoms with Gasteiger partial charge in [-0.1, -0.05) is 6.07 Å². The van der Waals surface area contributed by atoms with Crippen molar-refractivity contribution in [1.82, 2.24) is 10.0 Å². The molecule has 0 saturated carbocycles. The smallest absolute Gasteiger partial charge is 0.328 e. The first-order chi connectivity index (χ1) is 9.36. The van der Waals surface area contributed by atoms with Gasteiger partial charge in [-0.05, 0) is 11.4 Å². The van der Waals surface area contributed by atoms with Gasteiger partial charge in [-0.25, -0.2) is 17.9 Å². The summed E-state index contributed by atoms with van der Waals surface area (Å²) in [4.78, 5) is 21.9. The van der Waals surface area contributed by atoms with Crippen LogP contribution in [0.15, 0.2) is 21.7 Å². The number of hydrogen-bond donors (Lipinski definition) is 4. The highest BCUT2D eigenvalue weighted by Crippen LogP contribution is 2.14. The maximum absolute atomic E-state index is 11.7. The van der Waals surface area contributed by atoms with Crippen LogP contribution in [0.4, 0.5) is 0 Å². The minimum Gasteiger partial charge on any atom is -0.480 e. The summed E-state index contributed by atoms with van der Waals surface area (Å²) >= 11 is 1.05. The molecule has 0 spiro atoms. The molecule has 0 unspecified atom stereocenters. The summed E-state index contributed by atoms with van der Waals surface area (Å²) in [5.74, 6) is -2.03. The highest BCUT2D eigenvalue weighted by molar-refractivity contribution is 7.91. The number of hydrogen-bond acceptors (Lipinski definition) is 6. The Kier molecular flexibility index (Phi) is 6.07. The molecule has 8 nitrogen and oxygen atoms in total. The molecule has 0 aliphatic rings. The lowest BCUT2D eigenvalue weighted by atomic mass is 10.3. The van der Waals surface area contributed by atoms with E-state index in [0.717, 1.165) is 11.3 Å². The summed E-state index contributed by atoms with van der Waals surface area (Å²) in [5.41, 5.74) is 0. The summed E-state index contributed by atoms with van der Waals surface area (Å²) in [5, 5.41) is 21.0. The third kappa shape index (κ3) is 4.89. The third-order valence-corrected chi connectivity index (χ3v) is 5.08. The van der Waals surface area contributed by atoms with E-state index >= 15 is 0 Å². The number of carbonyl (C=O) groups excluding carboxylic acids is 1. The molecule has 1 aromatic rings. The fourth-order valence-corrected chi connectivity index (χ4v) is 3.31. The number of aliphatic carboxylic acids is 1. The van der Waals surface area contributed by atoms with Crippen molar-refractivity contribution in [3.8, 4) is 0 Å². The van der Waals surface area contributed by atoms with Crippen molar-refractivity contribution in [2.75, 3.05) is 13.2 Å². The van der Waals surface area contributed by atoms with Gasteiger partial charge < -0.3 is 15.5 Å². The number of thiophene rings is 1. The van der Waals surface area contributed by atoms with E-state index in [0.29, 0.717) is 0 Å². The predicted octanol–water partition coefficient (Wildman–Crippen LogP) is -1.02. The first-order valence-electron chi connectivity index (χ1n) is 5.53. The Morgan fingerprint density at radius 2 is 2.10 bits per heavy atom. The predicted molar refractivity (Wildman–Crippen MR) is 70.8 cm³/mol. The van der Waals surface area contributed by atoms with Crippen LogP contribution in [0, 0.1) is 0 Å². The number of carboxylic acids is 1. The number of carboxylic acid groups (broad SMARTS) is 1. The zero-order valence-electron chi connectivity index (χ0n) is 10.3. The average Bonchev–Trinajstić information content (AvgIpc) is 2.89. The lowest BCUT2D eigenvalue weighted by Gasteiger charge is -2.11. The molecule has 0 bridgehead atoms. The molecule has 1 atom stereocenters. The first-order valence-corrected chi connectivity index (χ1v) is 7.89. The lowest BCUT2D eigenvalue weighted by molar-refractivity contribution is -0.142. The van der Waals surface area contributed by atoms with Crippen molar-refractivity contribution in [2.45, 2.75) is 16.7 Å². The summed E-state index contributed by atoms with van der Waals surface area (Å²) in [6.45, 7) is -0.897. The van der Waals surface area contributed by atoms with Crippen molar-refractivity contribution in [3.63, 3.8) is 0 Å². The number of nitrogens with one attached hydrogen (secondary N) is 2. The van der Waals surface area contributed by atoms with E-state index in [1.165, 1.54) is 6.07 Å². The molecule has 20 heavy (non-hydrogen) atoms. The van der Waals surface area contributed by atoms with E-state index < -0.39 is 34.5 Å². The molecule has 4 N–H and O–H groups in total. The van der Waals surface area contributed by atoms with Gasteiger partial charge in [0.1, 0.15) is 10.3 Å². The maximum atomic E-state index is 11.7. The summed E-state index contributed by atoms with van der Waals surface area (Å²) in [7, 11) is -3.64. The highest BCUT2D eigenvalue weighted by atomic mass is 32.2. The molecule has 0 aliphatic heterocycles. The fourth-order valence-electron chi connectivity index (χ4n) is 1.24. The van der Waals surface area contributed by atoms with Crippen LogP contribution in [0.1, 0.15) is 6.42 Å². The quantitative estimate of drug-likeness (QED) is 0.484. The molecule has 1 heterocycles. The molecule has 1 aromatic heterocycles. The Labute approximate surface area is 119 Å². The molecule has 1 rings (SSSR count). The highest BCUT2D eigenvalue weighted by Gasteiger charge is 2.19. The standard InChI is InChI=1S/C10H14N2O6S2/c13-6-7(10(15)16)12-8(14)3-4-11-20(17,18)9-2-1-5-19-9/h1-2,5,7,11,13H,3-4,6H2,(H,12,14)(H,15,16)/t7-/m1/s1. The molecule has 0 radical (unpaired) electrons. The zero-order chi connectivity index (χ0) is 15.2. The van der Waals surface area contributed by atoms with Gasteiger partial charge in [0.2, 0.25) is 15.9 Å². The van der Waals surface area contributed by atoms with Gasteiger partial charge in [0.25, 0.3) is 0 Å². The van der Waals surface area contributed by atoms with Crippen LogP contribution in [0.25, 0.3) is 0 Å². The van der Waals surface area contributed by atoms with Crippen molar-refractivity contribution in [2.24, 2.45) is 0 Å². The van der Waals surface area contributed by atoms with Crippen LogP contribution in [0.5, 0.6) is 0 Å². The number of carbonyl (C=O) groups is 2. The minimum atomic E-state index is -3.64. The van der Waals surface area contributed by atoms with Gasteiger partial charge in [-0.3, -0.25) is 4.79 Å². The summed E-state index contributed by atoms with van der Waals surface area (Å²) in [6, 6.07) is 1.63. The Hall–Kier alpha value is -1.49. The second kappa shape index (κ2) is 7.33. The normalized spacial score (nSPS) is 12.8. The Bertz CT molecular complexity index is 554. The van der Waals surface area contributed by atoms with E-state index in [1.807, 2.05) is 0 Å². The van der Waals surface area contributed by atoms with Crippen molar-refractivity contribution >= 4 is 33.2 Å². The van der Waals surface area contributed by atoms with Crippen molar-refractivity contribution in [1.29, 1.82) is 0 Å². The number of aliphatic hydroxyl groups is 1. The van der Waals surface area contributed by atoms with Crippen LogP contribution in [0.3, 0.4) is 0 Å². The van der Waals surface area contributed by atoms with Gasteiger partial charge in [0.05, 0.1) is 6.61 Å². The molecule has 0 fully saturated rings. The minimum absolute atomic E-state index is 0.136. The van der Waals surface area contributed by atoms with Crippen LogP contribution >= 0.6 is 11.3 Å². The fraction of sp³-hybridized carbons (Fsp3) is 0.400. The Morgan fingerprint density at radius 3 is 2.60 bits per heavy atom. The van der Waals surface area contributed by atoms with Gasteiger partial charge in [0.15, 0.2) is 0 Å². The lowest BCUT2D eigenvalue weighted by Crippen LogP contribution is -2.44. The maximum Gasteiger partial charge on any atom is 0.328 e. The van der Waals surface area contributed by atoms with Crippen molar-refractivity contribution in [3.05, 3.63) is 17.5 Å². The molecule has 10 heteroatoms. The Balaban J connectivity index is 2.41. The number of sulfonamides is 1. The van der Waals surface area contributed by atoms with Crippen LogP contribution in [0.2, 0.25) is 0 Å². The van der Waals surface area contributed by atoms with Crippen LogP contribution in [-0.2, 0) is 19.6 Å². The topological polar surface area (TPSA) is 133 Å². The summed E-state index contributed by atoms with van der Waals surface area (Å²) < 4.78 is 25.8. The molecule has 112 valence electrons. The molecule has 0 saturated heterocycles. The SMILES string of the molecule is O=C(CCNS(=O)(=O)c1cccs1)N[C@H](CO)C(=O)O. The first kappa shape index (κ1) is 16.6. The van der Waals surface area contributed by atoms with E-state index in [1.54, 1.807) is 11.4 Å². The van der Waals surface area contributed by atoms with E-state index in [2.05, 4.69) is 10.0 Å². The molecule has 1 amide bonds. The van der Waals surface area contributed by atoms with Crippen molar-refractivity contribution < 1.29 is 28.2 Å². The monoisotopic (exact) mass is 322 g/mol. The largest absolute Gasteiger partial charge is 0.480 e. The van der Waals surface area contributed by atoms with E-state index in [-0.39, 0.29) is 17.2 Å². The third-order valence-electron chi connectivity index (χ3n) is 2.22. The second-order valence-electron chi connectivity index (χ2n) is 3.72. The van der Waals surface area contributed by atoms with Crippen LogP contribution < -0.4 is 10.0 Å². The molecular formula is C10H14N2O6S2. The van der Waals surface area contributed by atoms with E-state index in [9.17, 15) is 18.0 Å². The van der Waals surface area contributed by atoms with Gasteiger partial charge >= 0.3 is 5.97 Å². The second-order valence-corrected chi connectivity index (χ2v) is 6.66. The summed E-state index contributed by atoms with van der Waals surface area (Å²) in [6.07, 6.45) is -0.228. The number of amides is 1. The van der Waals surface area contributed by atoms with E-state index in [4.69, 9.17) is 10.2 Å². The number of rotatable bonds is 8. The van der Waals surface area contributed by atoms with Crippen LogP contribution in [-0.4, -0.2) is 49.7 Å². The average molecular weight is 322 g/mol. The van der Waals surface area contributed by atoms with Gasteiger partial charge in [0, 0.05) is 13.0 Å². The molecule has 0 aliphatic carbocycles. The van der Waals surface area contributed by atoms with Gasteiger partial charge in [-0.15, -0.1) is 11.3 Å².